The molecular formula is C31H36N7NaO10S2. The average Bonchev–Trinajstić information content (AvgIpc) is 3.50. The van der Waals surface area contributed by atoms with Crippen LogP contribution in [0, 0.1) is 5.92 Å². The van der Waals surface area contributed by atoms with E-state index < -0.39 is 64.3 Å². The van der Waals surface area contributed by atoms with Gasteiger partial charge in [0.25, 0.3) is 5.91 Å². The number of phenols is 2. The molecule has 0 unspecified atom stereocenters. The molecule has 0 saturated carbocycles. The molecule has 3 aliphatic heterocycles. The van der Waals surface area contributed by atoms with Crippen LogP contribution in [-0.2, 0) is 24.0 Å². The number of carboxylic acid groups (broad SMARTS) is 2. The Morgan fingerprint density at radius 3 is 2.47 bits per heavy atom. The van der Waals surface area contributed by atoms with Crippen molar-refractivity contribution in [2.75, 3.05) is 44.2 Å². The van der Waals surface area contributed by atoms with Gasteiger partial charge in [-0.2, -0.15) is 9.36 Å². The maximum Gasteiger partial charge on any atom is 1.00 e. The molecule has 268 valence electrons. The number of benzene rings is 1. The SMILES string of the molecule is CC(C)(O/N=C(\C(=O)C[C@@H]1C(=O)N2C(C(=O)[O-])=C(C[N+]3(CCNC(=O)c4ccc(O)c(O)c4)CCCCC3)CS[C@H]12)c1nsc(N)n1)C(=O)[O-].[Na+]. The van der Waals surface area contributed by atoms with Crippen molar-refractivity contribution in [2.45, 2.75) is 50.5 Å². The average molecular weight is 754 g/mol. The number of quaternary nitrogens is 1. The predicted molar refractivity (Wildman–Crippen MR) is 175 cm³/mol. The van der Waals surface area contributed by atoms with Crippen LogP contribution in [0.1, 0.15) is 55.7 Å². The fourth-order valence-corrected chi connectivity index (χ4v) is 8.03. The zero-order valence-corrected chi connectivity index (χ0v) is 31.9. The molecule has 2 saturated heterocycles. The number of aromatic hydroxyl groups is 2. The van der Waals surface area contributed by atoms with E-state index in [2.05, 4.69) is 19.8 Å². The summed E-state index contributed by atoms with van der Waals surface area (Å²) in [4.78, 5) is 73.8. The van der Waals surface area contributed by atoms with Gasteiger partial charge >= 0.3 is 29.6 Å². The minimum atomic E-state index is -1.91. The number of phenolic OH excluding ortho intramolecular Hbond substituents is 2. The number of nitrogen functional groups attached to an aromatic ring is 1. The molecule has 5 N–H and O–H groups in total. The summed E-state index contributed by atoms with van der Waals surface area (Å²) >= 11 is 2.09. The number of nitrogens with two attached hydrogens (primary N) is 1. The van der Waals surface area contributed by atoms with Gasteiger partial charge in [0, 0.05) is 34.8 Å². The third kappa shape index (κ3) is 8.83. The third-order valence-electron chi connectivity index (χ3n) is 8.93. The molecule has 4 heterocycles. The van der Waals surface area contributed by atoms with Crippen LogP contribution in [0.2, 0.25) is 0 Å². The molecule has 51 heavy (non-hydrogen) atoms. The zero-order valence-electron chi connectivity index (χ0n) is 28.2. The number of anilines is 1. The van der Waals surface area contributed by atoms with Crippen LogP contribution in [-0.4, -0.2) is 114 Å². The number of nitrogens with one attached hydrogen (secondary N) is 1. The Morgan fingerprint density at radius 2 is 1.86 bits per heavy atom. The summed E-state index contributed by atoms with van der Waals surface area (Å²) in [7, 11) is 0. The smallest absolute Gasteiger partial charge is 0.546 e. The molecule has 3 aliphatic rings. The molecule has 20 heteroatoms. The number of oxime groups is 1. The number of aromatic nitrogens is 2. The van der Waals surface area contributed by atoms with Crippen molar-refractivity contribution in [2.24, 2.45) is 11.1 Å². The second kappa shape index (κ2) is 16.3. The number of carbonyl (C=O) groups is 5. The number of β-lactam (4-membered cyclic amide) rings is 1. The van der Waals surface area contributed by atoms with Crippen molar-refractivity contribution in [3.63, 3.8) is 0 Å². The van der Waals surface area contributed by atoms with E-state index in [1.807, 2.05) is 0 Å². The minimum Gasteiger partial charge on any atom is -0.546 e. The number of rotatable bonds is 14. The topological polar surface area (TPSA) is 261 Å². The quantitative estimate of drug-likeness (QED) is 0.0356. The first kappa shape index (κ1) is 40.0. The number of piperidine rings is 1. The molecule has 2 atom stereocenters. The maximum atomic E-state index is 13.5. The number of hydrogen-bond donors (Lipinski definition) is 4. The standard InChI is InChI=1S/C31H37N7O10S2.Na/c1-31(2,29(46)47)48-35-22(24-34-30(32)50-36-24)21(41)13-18-26(43)37-23(28(44)45)17(15-49-27(18)37)14-38(9-4-3-5-10-38)11-8-33-25(42)16-6-7-19(39)20(40)12-16;/h6-7,12,18,27H,3-5,8-11,13-15H2,1-2H3,(H6-,32,33,34,35,36,39,40,41,42,44,45,46,47);/q;+1/p-1/t18-,27-;/m1./s1. The fraction of sp³-hybridized carbons (Fsp3) is 0.484. The van der Waals surface area contributed by atoms with E-state index >= 15 is 0 Å². The van der Waals surface area contributed by atoms with Crippen molar-refractivity contribution in [3.05, 3.63) is 40.9 Å². The van der Waals surface area contributed by atoms with E-state index in [9.17, 15) is 44.4 Å². The predicted octanol–water partition coefficient (Wildman–Crippen LogP) is -4.29. The number of ketones is 1. The molecular weight excluding hydrogens is 718 g/mol. The number of amides is 2. The normalized spacial score (nSPS) is 20.1. The molecule has 5 rings (SSSR count). The van der Waals surface area contributed by atoms with Gasteiger partial charge in [-0.3, -0.25) is 19.3 Å². The number of carboxylic acids is 2. The van der Waals surface area contributed by atoms with E-state index in [1.54, 1.807) is 0 Å². The molecule has 1 aromatic heterocycles. The molecule has 17 nitrogen and oxygen atoms in total. The first-order chi connectivity index (χ1) is 23.6. The fourth-order valence-electron chi connectivity index (χ4n) is 6.19. The van der Waals surface area contributed by atoms with Crippen molar-refractivity contribution in [1.82, 2.24) is 19.6 Å². The summed E-state index contributed by atoms with van der Waals surface area (Å²) < 4.78 is 4.45. The number of hydrogen-bond acceptors (Lipinski definition) is 16. The van der Waals surface area contributed by atoms with Gasteiger partial charge in [0.2, 0.25) is 11.7 Å². The molecule has 2 amide bonds. The second-order valence-corrected chi connectivity index (χ2v) is 14.7. The van der Waals surface area contributed by atoms with Crippen LogP contribution < -0.4 is 50.8 Å². The second-order valence-electron chi connectivity index (χ2n) is 12.9. The van der Waals surface area contributed by atoms with E-state index in [0.29, 0.717) is 23.1 Å². The maximum absolute atomic E-state index is 13.5. The number of Topliss-reactive ketones (excluding diaryl/α,β-unsaturated/α-hetero) is 1. The van der Waals surface area contributed by atoms with Crippen LogP contribution in [0.4, 0.5) is 5.13 Å². The van der Waals surface area contributed by atoms with Crippen molar-refractivity contribution in [3.8, 4) is 11.5 Å². The first-order valence-electron chi connectivity index (χ1n) is 15.8. The Morgan fingerprint density at radius 1 is 1.16 bits per heavy atom. The summed E-state index contributed by atoms with van der Waals surface area (Å²) in [5.41, 5.74) is 3.78. The molecule has 0 aliphatic carbocycles. The van der Waals surface area contributed by atoms with Crippen LogP contribution in [0.3, 0.4) is 0 Å². The number of thioether (sulfide) groups is 1. The Labute approximate surface area is 322 Å². The first-order valence-corrected chi connectivity index (χ1v) is 17.6. The Hall–Kier alpha value is -3.75. The van der Waals surface area contributed by atoms with E-state index in [1.165, 1.54) is 43.8 Å². The Bertz CT molecular complexity index is 1780. The largest absolute Gasteiger partial charge is 1.00 e. The minimum absolute atomic E-state index is 0. The van der Waals surface area contributed by atoms with Crippen molar-refractivity contribution >= 4 is 63.7 Å². The molecule has 0 spiro atoms. The summed E-state index contributed by atoms with van der Waals surface area (Å²) in [6.07, 6.45) is 2.38. The van der Waals surface area contributed by atoms with Gasteiger partial charge in [0.05, 0.1) is 55.1 Å². The number of carbonyl (C=O) groups excluding carboxylic acids is 5. The van der Waals surface area contributed by atoms with Crippen molar-refractivity contribution in [1.29, 1.82) is 0 Å². The molecule has 2 fully saturated rings. The van der Waals surface area contributed by atoms with Gasteiger partial charge in [-0.15, -0.1) is 11.8 Å². The number of likely N-dealkylation sites (tertiary alicyclic amines) is 1. The summed E-state index contributed by atoms with van der Waals surface area (Å²) in [5, 5.41) is 49.1. The Kier molecular flexibility index (Phi) is 12.8. The van der Waals surface area contributed by atoms with Gasteiger partial charge in [-0.25, -0.2) is 0 Å². The molecule has 0 bridgehead atoms. The van der Waals surface area contributed by atoms with Gasteiger partial charge < -0.3 is 50.4 Å². The summed E-state index contributed by atoms with van der Waals surface area (Å²) in [6, 6.07) is 3.77. The van der Waals surface area contributed by atoms with Gasteiger partial charge in [0.1, 0.15) is 6.54 Å². The van der Waals surface area contributed by atoms with Crippen LogP contribution in [0.5, 0.6) is 11.5 Å². The molecule has 1 aromatic carbocycles. The van der Waals surface area contributed by atoms with Crippen LogP contribution in [0.15, 0.2) is 34.6 Å². The van der Waals surface area contributed by atoms with Crippen molar-refractivity contribution < 1.29 is 83.3 Å². The van der Waals surface area contributed by atoms with Gasteiger partial charge in [0.15, 0.2) is 33.7 Å². The van der Waals surface area contributed by atoms with Gasteiger partial charge in [-0.1, -0.05) is 5.16 Å². The van der Waals surface area contributed by atoms with Crippen LogP contribution >= 0.6 is 23.3 Å². The Balaban J connectivity index is 0.00000583. The third-order valence-corrected chi connectivity index (χ3v) is 10.9. The molecule has 0 radical (unpaired) electrons. The zero-order chi connectivity index (χ0) is 36.4. The monoisotopic (exact) mass is 753 g/mol. The van der Waals surface area contributed by atoms with Crippen LogP contribution in [0.25, 0.3) is 0 Å². The summed E-state index contributed by atoms with van der Waals surface area (Å²) in [6.45, 7) is 4.85. The van der Waals surface area contributed by atoms with E-state index in [4.69, 9.17) is 10.6 Å². The summed E-state index contributed by atoms with van der Waals surface area (Å²) in [5.74, 6) is -6.51. The van der Waals surface area contributed by atoms with E-state index in [-0.39, 0.29) is 69.8 Å². The molecule has 2 aromatic rings. The van der Waals surface area contributed by atoms with E-state index in [0.717, 1.165) is 48.8 Å². The number of aliphatic carboxylic acids is 2. The number of nitrogens with zero attached hydrogens (tertiary/aromatic N) is 5. The van der Waals surface area contributed by atoms with Gasteiger partial charge in [-0.05, 0) is 51.3 Å². The number of fused-ring (bicyclic) bond motifs is 1.